The summed E-state index contributed by atoms with van der Waals surface area (Å²) in [4.78, 5) is 12.3. The van der Waals surface area contributed by atoms with Crippen LogP contribution in [-0.2, 0) is 6.42 Å². The maximum atomic E-state index is 12.3. The fourth-order valence-corrected chi connectivity index (χ4v) is 2.23. The van der Waals surface area contributed by atoms with Crippen LogP contribution in [0.4, 0.5) is 0 Å². The van der Waals surface area contributed by atoms with E-state index in [9.17, 15) is 4.79 Å². The van der Waals surface area contributed by atoms with Crippen LogP contribution in [0, 0.1) is 0 Å². The smallest absolute Gasteiger partial charge is 0.255 e. The molecule has 0 saturated carbocycles. The molecule has 0 aromatic heterocycles. The summed E-state index contributed by atoms with van der Waals surface area (Å²) in [7, 11) is 1.57. The van der Waals surface area contributed by atoms with Crippen LogP contribution in [0.15, 0.2) is 48.5 Å². The van der Waals surface area contributed by atoms with Crippen molar-refractivity contribution in [1.82, 2.24) is 5.32 Å². The molecule has 0 heterocycles. The van der Waals surface area contributed by atoms with Gasteiger partial charge >= 0.3 is 0 Å². The predicted molar refractivity (Wildman–Crippen MR) is 84.7 cm³/mol. The second-order valence-corrected chi connectivity index (χ2v) is 4.99. The number of rotatable bonds is 5. The largest absolute Gasteiger partial charge is 0.496 e. The summed E-state index contributed by atoms with van der Waals surface area (Å²) in [6, 6.07) is 15.5. The Morgan fingerprint density at radius 3 is 2.43 bits per heavy atom. The summed E-state index contributed by atoms with van der Waals surface area (Å²) >= 11 is 0. The van der Waals surface area contributed by atoms with E-state index < -0.39 is 0 Å². The fourth-order valence-electron chi connectivity index (χ4n) is 2.23. The first-order valence-electron chi connectivity index (χ1n) is 7.18. The Morgan fingerprint density at radius 2 is 1.81 bits per heavy atom. The standard InChI is InChI=1S/C18H21NO2/c1-4-14-9-11-15(12-10-14)13(2)19-18(20)16-7-5-6-8-17(16)21-3/h5-13H,4H2,1-3H3,(H,19,20). The predicted octanol–water partition coefficient (Wildman–Crippen LogP) is 3.75. The van der Waals surface area contributed by atoms with Crippen molar-refractivity contribution in [3.63, 3.8) is 0 Å². The molecule has 1 atom stereocenters. The van der Waals surface area contributed by atoms with Crippen molar-refractivity contribution in [3.05, 3.63) is 65.2 Å². The zero-order chi connectivity index (χ0) is 15.2. The Labute approximate surface area is 126 Å². The van der Waals surface area contributed by atoms with Gasteiger partial charge in [-0.3, -0.25) is 4.79 Å². The SMILES string of the molecule is CCc1ccc(C(C)NC(=O)c2ccccc2OC)cc1. The number of nitrogens with one attached hydrogen (secondary N) is 1. The average molecular weight is 283 g/mol. The van der Waals surface area contributed by atoms with Crippen molar-refractivity contribution < 1.29 is 9.53 Å². The lowest BCUT2D eigenvalue weighted by Crippen LogP contribution is -2.27. The number of ether oxygens (including phenoxy) is 1. The van der Waals surface area contributed by atoms with Gasteiger partial charge < -0.3 is 10.1 Å². The van der Waals surface area contributed by atoms with Gasteiger partial charge in [0, 0.05) is 0 Å². The Morgan fingerprint density at radius 1 is 1.14 bits per heavy atom. The summed E-state index contributed by atoms with van der Waals surface area (Å²) in [5.41, 5.74) is 2.94. The van der Waals surface area contributed by atoms with Crippen molar-refractivity contribution in [2.75, 3.05) is 7.11 Å². The van der Waals surface area contributed by atoms with Crippen LogP contribution >= 0.6 is 0 Å². The number of carbonyl (C=O) groups is 1. The van der Waals surface area contributed by atoms with Gasteiger partial charge in [-0.05, 0) is 36.6 Å². The van der Waals surface area contributed by atoms with E-state index in [1.165, 1.54) is 5.56 Å². The normalized spacial score (nSPS) is 11.8. The molecule has 3 nitrogen and oxygen atoms in total. The highest BCUT2D eigenvalue weighted by atomic mass is 16.5. The van der Waals surface area contributed by atoms with E-state index in [1.807, 2.05) is 19.1 Å². The molecule has 0 radical (unpaired) electrons. The molecule has 21 heavy (non-hydrogen) atoms. The first-order chi connectivity index (χ1) is 10.2. The minimum absolute atomic E-state index is 0.0479. The highest BCUT2D eigenvalue weighted by Gasteiger charge is 2.14. The highest BCUT2D eigenvalue weighted by Crippen LogP contribution is 2.19. The molecule has 3 heteroatoms. The topological polar surface area (TPSA) is 38.3 Å². The molecule has 0 aliphatic heterocycles. The summed E-state index contributed by atoms with van der Waals surface area (Å²) in [5.74, 6) is 0.461. The van der Waals surface area contributed by atoms with Crippen LogP contribution in [0.2, 0.25) is 0 Å². The molecule has 0 aliphatic rings. The Kier molecular flexibility index (Phi) is 4.99. The molecular formula is C18H21NO2. The van der Waals surface area contributed by atoms with E-state index in [0.29, 0.717) is 11.3 Å². The zero-order valence-corrected chi connectivity index (χ0v) is 12.7. The average Bonchev–Trinajstić information content (AvgIpc) is 2.54. The number of benzene rings is 2. The molecule has 2 rings (SSSR count). The molecule has 2 aromatic carbocycles. The maximum absolute atomic E-state index is 12.3. The first-order valence-corrected chi connectivity index (χ1v) is 7.18. The van der Waals surface area contributed by atoms with Crippen LogP contribution in [0.5, 0.6) is 5.75 Å². The number of para-hydroxylation sites is 1. The van der Waals surface area contributed by atoms with E-state index in [1.54, 1.807) is 19.2 Å². The van der Waals surface area contributed by atoms with Crippen LogP contribution in [-0.4, -0.2) is 13.0 Å². The molecule has 1 N–H and O–H groups in total. The van der Waals surface area contributed by atoms with E-state index in [-0.39, 0.29) is 11.9 Å². The quantitative estimate of drug-likeness (QED) is 0.907. The van der Waals surface area contributed by atoms with Crippen molar-refractivity contribution in [1.29, 1.82) is 0 Å². The summed E-state index contributed by atoms with van der Waals surface area (Å²) < 4.78 is 5.22. The Balaban J connectivity index is 2.11. The van der Waals surface area contributed by atoms with Crippen LogP contribution in [0.25, 0.3) is 0 Å². The lowest BCUT2D eigenvalue weighted by atomic mass is 10.0. The van der Waals surface area contributed by atoms with Crippen LogP contribution in [0.3, 0.4) is 0 Å². The van der Waals surface area contributed by atoms with Gasteiger partial charge in [0.15, 0.2) is 0 Å². The second kappa shape index (κ2) is 6.93. The number of methoxy groups -OCH3 is 1. The van der Waals surface area contributed by atoms with Crippen molar-refractivity contribution in [2.24, 2.45) is 0 Å². The molecule has 2 aromatic rings. The van der Waals surface area contributed by atoms with E-state index in [0.717, 1.165) is 12.0 Å². The third-order valence-corrected chi connectivity index (χ3v) is 3.59. The molecule has 0 saturated heterocycles. The van der Waals surface area contributed by atoms with Gasteiger partial charge in [-0.25, -0.2) is 0 Å². The first kappa shape index (κ1) is 15.1. The van der Waals surface area contributed by atoms with Crippen molar-refractivity contribution in [2.45, 2.75) is 26.3 Å². The molecule has 0 spiro atoms. The van der Waals surface area contributed by atoms with Gasteiger partial charge in [-0.1, -0.05) is 43.3 Å². The summed E-state index contributed by atoms with van der Waals surface area (Å²) in [6.07, 6.45) is 1.02. The van der Waals surface area contributed by atoms with Crippen molar-refractivity contribution >= 4 is 5.91 Å². The van der Waals surface area contributed by atoms with Crippen LogP contribution < -0.4 is 10.1 Å². The molecule has 1 unspecified atom stereocenters. The lowest BCUT2D eigenvalue weighted by molar-refractivity contribution is 0.0937. The van der Waals surface area contributed by atoms with E-state index in [4.69, 9.17) is 4.74 Å². The molecule has 0 bridgehead atoms. The molecule has 0 fully saturated rings. The molecule has 110 valence electrons. The monoisotopic (exact) mass is 283 g/mol. The van der Waals surface area contributed by atoms with E-state index >= 15 is 0 Å². The van der Waals surface area contributed by atoms with Crippen molar-refractivity contribution in [3.8, 4) is 5.75 Å². The summed E-state index contributed by atoms with van der Waals surface area (Å²) in [6.45, 7) is 4.11. The minimum Gasteiger partial charge on any atom is -0.496 e. The number of hydrogen-bond acceptors (Lipinski definition) is 2. The maximum Gasteiger partial charge on any atom is 0.255 e. The van der Waals surface area contributed by atoms with Gasteiger partial charge in [0.2, 0.25) is 0 Å². The fraction of sp³-hybridized carbons (Fsp3) is 0.278. The number of hydrogen-bond donors (Lipinski definition) is 1. The summed E-state index contributed by atoms with van der Waals surface area (Å²) in [5, 5.41) is 3.01. The van der Waals surface area contributed by atoms with Gasteiger partial charge in [-0.2, -0.15) is 0 Å². The number of carbonyl (C=O) groups excluding carboxylic acids is 1. The Bertz CT molecular complexity index is 605. The van der Waals surface area contributed by atoms with Gasteiger partial charge in [-0.15, -0.1) is 0 Å². The third-order valence-electron chi connectivity index (χ3n) is 3.59. The third kappa shape index (κ3) is 3.63. The molecule has 0 aliphatic carbocycles. The molecular weight excluding hydrogens is 262 g/mol. The minimum atomic E-state index is -0.125. The highest BCUT2D eigenvalue weighted by molar-refractivity contribution is 5.97. The second-order valence-electron chi connectivity index (χ2n) is 4.99. The Hall–Kier alpha value is -2.29. The van der Waals surface area contributed by atoms with E-state index in [2.05, 4.69) is 36.5 Å². The molecule has 1 amide bonds. The number of amides is 1. The van der Waals surface area contributed by atoms with Gasteiger partial charge in [0.25, 0.3) is 5.91 Å². The number of aryl methyl sites for hydroxylation is 1. The zero-order valence-electron chi connectivity index (χ0n) is 12.7. The van der Waals surface area contributed by atoms with Crippen LogP contribution in [0.1, 0.15) is 41.4 Å². The van der Waals surface area contributed by atoms with Gasteiger partial charge in [0.05, 0.1) is 18.7 Å². The van der Waals surface area contributed by atoms with Gasteiger partial charge in [0.1, 0.15) is 5.75 Å². The lowest BCUT2D eigenvalue weighted by Gasteiger charge is -2.16.